The fraction of sp³-hybridized carbons (Fsp3) is 0.438. The van der Waals surface area contributed by atoms with E-state index in [0.717, 1.165) is 23.6 Å². The number of carbonyl (C=O) groups is 1. The van der Waals surface area contributed by atoms with Crippen LogP contribution in [-0.4, -0.2) is 26.0 Å². The lowest BCUT2D eigenvalue weighted by atomic mass is 9.96. The van der Waals surface area contributed by atoms with E-state index < -0.39 is 5.54 Å². The molecule has 2 aromatic rings. The van der Waals surface area contributed by atoms with E-state index in [0.29, 0.717) is 13.0 Å². The SMILES string of the molecule is CCCC(C)(N)C(=O)NCc1ccc(-n2ccnc2C)nc1. The minimum absolute atomic E-state index is 0.135. The summed E-state index contributed by atoms with van der Waals surface area (Å²) in [4.78, 5) is 20.6. The second kappa shape index (κ2) is 6.70. The molecule has 6 heteroatoms. The van der Waals surface area contributed by atoms with E-state index in [1.165, 1.54) is 0 Å². The number of aromatic nitrogens is 3. The molecule has 0 bridgehead atoms. The summed E-state index contributed by atoms with van der Waals surface area (Å²) >= 11 is 0. The molecule has 3 N–H and O–H groups in total. The molecule has 2 rings (SSSR count). The fourth-order valence-corrected chi connectivity index (χ4v) is 2.30. The van der Waals surface area contributed by atoms with E-state index in [4.69, 9.17) is 5.73 Å². The average Bonchev–Trinajstić information content (AvgIpc) is 2.91. The second-order valence-electron chi connectivity index (χ2n) is 5.72. The number of hydrogen-bond acceptors (Lipinski definition) is 4. The Labute approximate surface area is 130 Å². The number of nitrogens with one attached hydrogen (secondary N) is 1. The molecule has 6 nitrogen and oxygen atoms in total. The van der Waals surface area contributed by atoms with Crippen LogP contribution in [0.4, 0.5) is 0 Å². The maximum Gasteiger partial charge on any atom is 0.240 e. The minimum atomic E-state index is -0.823. The van der Waals surface area contributed by atoms with Gasteiger partial charge in [-0.05, 0) is 31.9 Å². The molecule has 0 saturated heterocycles. The van der Waals surface area contributed by atoms with Gasteiger partial charge in [-0.3, -0.25) is 9.36 Å². The number of pyridine rings is 1. The van der Waals surface area contributed by atoms with Crippen molar-refractivity contribution in [2.75, 3.05) is 0 Å². The number of amides is 1. The Balaban J connectivity index is 1.98. The highest BCUT2D eigenvalue weighted by Gasteiger charge is 2.26. The summed E-state index contributed by atoms with van der Waals surface area (Å²) in [7, 11) is 0. The Kier molecular flexibility index (Phi) is 4.92. The molecule has 2 heterocycles. The third-order valence-electron chi connectivity index (χ3n) is 3.62. The standard InChI is InChI=1S/C16H23N5O/c1-4-7-16(3,17)15(22)20-11-13-5-6-14(19-10-13)21-9-8-18-12(21)2/h5-6,8-10H,4,7,11,17H2,1-3H3,(H,20,22). The van der Waals surface area contributed by atoms with E-state index in [2.05, 4.69) is 15.3 Å². The number of rotatable bonds is 6. The Morgan fingerprint density at radius 1 is 1.41 bits per heavy atom. The number of carbonyl (C=O) groups excluding carboxylic acids is 1. The van der Waals surface area contributed by atoms with Gasteiger partial charge in [0.1, 0.15) is 11.6 Å². The lowest BCUT2D eigenvalue weighted by Gasteiger charge is -2.22. The molecular formula is C16H23N5O. The van der Waals surface area contributed by atoms with Crippen LogP contribution in [0.5, 0.6) is 0 Å². The molecule has 1 atom stereocenters. The zero-order valence-electron chi connectivity index (χ0n) is 13.3. The molecule has 118 valence electrons. The predicted molar refractivity (Wildman–Crippen MR) is 85.4 cm³/mol. The van der Waals surface area contributed by atoms with Crippen LogP contribution in [0.25, 0.3) is 5.82 Å². The van der Waals surface area contributed by atoms with E-state index in [1.54, 1.807) is 19.3 Å². The first-order chi connectivity index (χ1) is 10.4. The summed E-state index contributed by atoms with van der Waals surface area (Å²) < 4.78 is 1.90. The first kappa shape index (κ1) is 16.2. The topological polar surface area (TPSA) is 85.8 Å². The zero-order chi connectivity index (χ0) is 16.2. The van der Waals surface area contributed by atoms with Crippen molar-refractivity contribution in [1.29, 1.82) is 0 Å². The van der Waals surface area contributed by atoms with Gasteiger partial charge in [0.15, 0.2) is 0 Å². The van der Waals surface area contributed by atoms with E-state index in [9.17, 15) is 4.79 Å². The van der Waals surface area contributed by atoms with Crippen LogP contribution in [0.15, 0.2) is 30.7 Å². The molecule has 22 heavy (non-hydrogen) atoms. The molecule has 0 radical (unpaired) electrons. The third kappa shape index (κ3) is 3.71. The van der Waals surface area contributed by atoms with Gasteiger partial charge in [-0.25, -0.2) is 9.97 Å². The quantitative estimate of drug-likeness (QED) is 0.850. The maximum atomic E-state index is 12.1. The highest BCUT2D eigenvalue weighted by atomic mass is 16.2. The van der Waals surface area contributed by atoms with Crippen LogP contribution in [0.2, 0.25) is 0 Å². The van der Waals surface area contributed by atoms with Crippen LogP contribution in [0, 0.1) is 6.92 Å². The summed E-state index contributed by atoms with van der Waals surface area (Å²) in [6.07, 6.45) is 6.89. The number of nitrogens with zero attached hydrogens (tertiary/aromatic N) is 3. The van der Waals surface area contributed by atoms with Crippen molar-refractivity contribution in [3.8, 4) is 5.82 Å². The first-order valence-corrected chi connectivity index (χ1v) is 7.46. The van der Waals surface area contributed by atoms with Crippen molar-refractivity contribution < 1.29 is 4.79 Å². The van der Waals surface area contributed by atoms with Crippen molar-refractivity contribution in [2.45, 2.75) is 45.7 Å². The van der Waals surface area contributed by atoms with Crippen LogP contribution >= 0.6 is 0 Å². The van der Waals surface area contributed by atoms with Gasteiger partial charge in [0, 0.05) is 25.1 Å². The molecule has 0 aliphatic heterocycles. The Morgan fingerprint density at radius 3 is 2.73 bits per heavy atom. The van der Waals surface area contributed by atoms with Crippen LogP contribution in [0.3, 0.4) is 0 Å². The van der Waals surface area contributed by atoms with Gasteiger partial charge in [-0.2, -0.15) is 0 Å². The van der Waals surface area contributed by atoms with E-state index >= 15 is 0 Å². The lowest BCUT2D eigenvalue weighted by Crippen LogP contribution is -2.51. The van der Waals surface area contributed by atoms with E-state index in [1.807, 2.05) is 36.7 Å². The van der Waals surface area contributed by atoms with E-state index in [-0.39, 0.29) is 5.91 Å². The molecule has 0 aliphatic carbocycles. The van der Waals surface area contributed by atoms with Crippen molar-refractivity contribution in [3.05, 3.63) is 42.1 Å². The van der Waals surface area contributed by atoms with Gasteiger partial charge in [-0.15, -0.1) is 0 Å². The monoisotopic (exact) mass is 301 g/mol. The number of nitrogens with two attached hydrogens (primary N) is 1. The van der Waals surface area contributed by atoms with Gasteiger partial charge in [0.25, 0.3) is 0 Å². The van der Waals surface area contributed by atoms with Gasteiger partial charge in [-0.1, -0.05) is 19.4 Å². The highest BCUT2D eigenvalue weighted by molar-refractivity contribution is 5.85. The summed E-state index contributed by atoms with van der Waals surface area (Å²) in [5.74, 6) is 1.55. The van der Waals surface area contributed by atoms with Crippen LogP contribution in [-0.2, 0) is 11.3 Å². The van der Waals surface area contributed by atoms with Crippen LogP contribution < -0.4 is 11.1 Å². The number of aryl methyl sites for hydroxylation is 1. The summed E-state index contributed by atoms with van der Waals surface area (Å²) in [6, 6.07) is 3.85. The van der Waals surface area contributed by atoms with Gasteiger partial charge in [0.05, 0.1) is 5.54 Å². The lowest BCUT2D eigenvalue weighted by molar-refractivity contribution is -0.126. The highest BCUT2D eigenvalue weighted by Crippen LogP contribution is 2.10. The summed E-state index contributed by atoms with van der Waals surface area (Å²) in [5.41, 5.74) is 6.11. The van der Waals surface area contributed by atoms with Crippen molar-refractivity contribution in [3.63, 3.8) is 0 Å². The Bertz CT molecular complexity index is 630. The van der Waals surface area contributed by atoms with Gasteiger partial charge < -0.3 is 11.1 Å². The number of imidazole rings is 1. The molecule has 0 aliphatic rings. The largest absolute Gasteiger partial charge is 0.350 e. The molecule has 0 aromatic carbocycles. The average molecular weight is 301 g/mol. The Hall–Kier alpha value is -2.21. The third-order valence-corrected chi connectivity index (χ3v) is 3.62. The molecule has 0 spiro atoms. The van der Waals surface area contributed by atoms with Gasteiger partial charge >= 0.3 is 0 Å². The normalized spacial score (nSPS) is 13.6. The molecular weight excluding hydrogens is 278 g/mol. The molecule has 1 amide bonds. The zero-order valence-corrected chi connectivity index (χ0v) is 13.3. The fourth-order valence-electron chi connectivity index (χ4n) is 2.30. The minimum Gasteiger partial charge on any atom is -0.350 e. The second-order valence-corrected chi connectivity index (χ2v) is 5.72. The first-order valence-electron chi connectivity index (χ1n) is 7.46. The van der Waals surface area contributed by atoms with Crippen molar-refractivity contribution in [1.82, 2.24) is 19.9 Å². The van der Waals surface area contributed by atoms with Gasteiger partial charge in [0.2, 0.25) is 5.91 Å². The molecule has 0 fully saturated rings. The van der Waals surface area contributed by atoms with Crippen molar-refractivity contribution >= 4 is 5.91 Å². The number of hydrogen-bond donors (Lipinski definition) is 2. The van der Waals surface area contributed by atoms with Crippen LogP contribution in [0.1, 0.15) is 38.1 Å². The summed E-state index contributed by atoms with van der Waals surface area (Å²) in [5, 5.41) is 2.87. The van der Waals surface area contributed by atoms with Crippen molar-refractivity contribution in [2.24, 2.45) is 5.73 Å². The predicted octanol–water partition coefficient (Wildman–Crippen LogP) is 1.71. The molecule has 1 unspecified atom stereocenters. The molecule has 2 aromatic heterocycles. The Morgan fingerprint density at radius 2 is 2.18 bits per heavy atom. The smallest absolute Gasteiger partial charge is 0.240 e. The maximum absolute atomic E-state index is 12.1. The molecule has 0 saturated carbocycles. The summed E-state index contributed by atoms with van der Waals surface area (Å²) in [6.45, 7) is 6.12.